The molecule has 1 unspecified atom stereocenters. The Morgan fingerprint density at radius 3 is 2.29 bits per heavy atom. The Bertz CT molecular complexity index is 431. The van der Waals surface area contributed by atoms with E-state index in [1.807, 2.05) is 37.3 Å². The molecular weight excluding hydrogens is 224 g/mol. The van der Waals surface area contributed by atoms with Crippen molar-refractivity contribution in [1.29, 1.82) is 0 Å². The van der Waals surface area contributed by atoms with Gasteiger partial charge in [0.1, 0.15) is 6.10 Å². The summed E-state index contributed by atoms with van der Waals surface area (Å²) in [6, 6.07) is 9.95. The summed E-state index contributed by atoms with van der Waals surface area (Å²) in [5, 5.41) is 0. The highest BCUT2D eigenvalue weighted by Gasteiger charge is 2.19. The van der Waals surface area contributed by atoms with Crippen molar-refractivity contribution < 1.29 is 4.43 Å². The fourth-order valence-corrected chi connectivity index (χ4v) is 2.24. The van der Waals surface area contributed by atoms with Crippen LogP contribution in [0.1, 0.15) is 12.5 Å². The second kappa shape index (κ2) is 5.86. The smallest absolute Gasteiger partial charge is 0.185 e. The standard InChI is InChI=1S/C15H20OSi/c1-13(2)15(16-17(3,4)5)12-11-14-9-7-6-8-10-14/h6-10,15H,1H2,2-5H3. The predicted octanol–water partition coefficient (Wildman–Crippen LogP) is 3.83. The van der Waals surface area contributed by atoms with E-state index in [1.165, 1.54) is 0 Å². The molecule has 0 amide bonds. The van der Waals surface area contributed by atoms with Gasteiger partial charge in [0, 0.05) is 5.56 Å². The highest BCUT2D eigenvalue weighted by molar-refractivity contribution is 6.69. The van der Waals surface area contributed by atoms with Gasteiger partial charge in [0.2, 0.25) is 0 Å². The van der Waals surface area contributed by atoms with Crippen LogP contribution < -0.4 is 0 Å². The summed E-state index contributed by atoms with van der Waals surface area (Å²) in [6.45, 7) is 12.4. The molecule has 0 bridgehead atoms. The minimum Gasteiger partial charge on any atom is -0.401 e. The van der Waals surface area contributed by atoms with Gasteiger partial charge in [0.15, 0.2) is 8.32 Å². The zero-order valence-corrected chi connectivity index (χ0v) is 12.1. The van der Waals surface area contributed by atoms with Gasteiger partial charge in [-0.05, 0) is 44.3 Å². The van der Waals surface area contributed by atoms with Gasteiger partial charge in [-0.25, -0.2) is 0 Å². The molecule has 2 heteroatoms. The largest absolute Gasteiger partial charge is 0.401 e. The monoisotopic (exact) mass is 244 g/mol. The Balaban J connectivity index is 2.82. The van der Waals surface area contributed by atoms with Crippen molar-refractivity contribution in [3.8, 4) is 11.8 Å². The first-order valence-electron chi connectivity index (χ1n) is 5.78. The molecule has 0 fully saturated rings. The average Bonchev–Trinajstić information content (AvgIpc) is 2.24. The summed E-state index contributed by atoms with van der Waals surface area (Å²) in [4.78, 5) is 0. The number of hydrogen-bond donors (Lipinski definition) is 0. The normalized spacial score (nSPS) is 12.5. The predicted molar refractivity (Wildman–Crippen MR) is 76.4 cm³/mol. The Labute approximate surface area is 106 Å². The van der Waals surface area contributed by atoms with Gasteiger partial charge in [-0.15, -0.1) is 0 Å². The first-order valence-corrected chi connectivity index (χ1v) is 9.19. The lowest BCUT2D eigenvalue weighted by Crippen LogP contribution is -2.31. The molecule has 1 atom stereocenters. The van der Waals surface area contributed by atoms with E-state index in [4.69, 9.17) is 4.43 Å². The molecule has 17 heavy (non-hydrogen) atoms. The summed E-state index contributed by atoms with van der Waals surface area (Å²) in [6.07, 6.45) is -0.151. The van der Waals surface area contributed by atoms with Crippen LogP contribution in [0.2, 0.25) is 19.6 Å². The third kappa shape index (κ3) is 5.53. The van der Waals surface area contributed by atoms with E-state index in [1.54, 1.807) is 0 Å². The molecule has 0 aliphatic rings. The summed E-state index contributed by atoms with van der Waals surface area (Å²) in [5.74, 6) is 6.29. The van der Waals surface area contributed by atoms with E-state index in [2.05, 4.69) is 38.1 Å². The minimum absolute atomic E-state index is 0.151. The molecule has 0 aliphatic heterocycles. The summed E-state index contributed by atoms with van der Waals surface area (Å²) in [5.41, 5.74) is 1.98. The second-order valence-corrected chi connectivity index (χ2v) is 9.55. The summed E-state index contributed by atoms with van der Waals surface area (Å²) >= 11 is 0. The fourth-order valence-electron chi connectivity index (χ4n) is 1.28. The first kappa shape index (κ1) is 13.8. The van der Waals surface area contributed by atoms with Gasteiger partial charge >= 0.3 is 0 Å². The Morgan fingerprint density at radius 1 is 1.24 bits per heavy atom. The van der Waals surface area contributed by atoms with Crippen molar-refractivity contribution >= 4 is 8.32 Å². The number of hydrogen-bond acceptors (Lipinski definition) is 1. The van der Waals surface area contributed by atoms with Crippen LogP contribution in [-0.4, -0.2) is 14.4 Å². The molecule has 1 rings (SSSR count). The van der Waals surface area contributed by atoms with Crippen molar-refractivity contribution in [3.63, 3.8) is 0 Å². The van der Waals surface area contributed by atoms with Crippen LogP contribution in [0.4, 0.5) is 0 Å². The van der Waals surface area contributed by atoms with E-state index in [-0.39, 0.29) is 6.10 Å². The number of benzene rings is 1. The minimum atomic E-state index is -1.58. The van der Waals surface area contributed by atoms with Crippen molar-refractivity contribution in [3.05, 3.63) is 48.0 Å². The Kier molecular flexibility index (Phi) is 4.74. The van der Waals surface area contributed by atoms with E-state index < -0.39 is 8.32 Å². The molecule has 0 saturated carbocycles. The highest BCUT2D eigenvalue weighted by Crippen LogP contribution is 2.12. The molecule has 0 heterocycles. The zero-order chi connectivity index (χ0) is 12.9. The maximum absolute atomic E-state index is 5.99. The maximum atomic E-state index is 5.99. The van der Waals surface area contributed by atoms with Gasteiger partial charge in [0.25, 0.3) is 0 Å². The highest BCUT2D eigenvalue weighted by atomic mass is 28.4. The molecule has 0 N–H and O–H groups in total. The lowest BCUT2D eigenvalue weighted by atomic mass is 10.1. The van der Waals surface area contributed by atoms with E-state index in [9.17, 15) is 0 Å². The van der Waals surface area contributed by atoms with Crippen molar-refractivity contribution in [1.82, 2.24) is 0 Å². The van der Waals surface area contributed by atoms with Crippen LogP contribution in [0.15, 0.2) is 42.5 Å². The molecule has 0 radical (unpaired) electrons. The molecule has 0 spiro atoms. The molecule has 1 aromatic rings. The Morgan fingerprint density at radius 2 is 1.82 bits per heavy atom. The maximum Gasteiger partial charge on any atom is 0.185 e. The molecule has 0 saturated heterocycles. The van der Waals surface area contributed by atoms with Crippen molar-refractivity contribution in [2.45, 2.75) is 32.7 Å². The average molecular weight is 244 g/mol. The lowest BCUT2D eigenvalue weighted by molar-refractivity contribution is 0.287. The van der Waals surface area contributed by atoms with Crippen molar-refractivity contribution in [2.24, 2.45) is 0 Å². The van der Waals surface area contributed by atoms with Gasteiger partial charge in [-0.3, -0.25) is 0 Å². The van der Waals surface area contributed by atoms with E-state index in [0.717, 1.165) is 11.1 Å². The molecule has 1 nitrogen and oxygen atoms in total. The number of rotatable bonds is 3. The third-order valence-electron chi connectivity index (χ3n) is 2.04. The molecule has 1 aromatic carbocycles. The fraction of sp³-hybridized carbons (Fsp3) is 0.333. The quantitative estimate of drug-likeness (QED) is 0.446. The SMILES string of the molecule is C=C(C)C(C#Cc1ccccc1)O[Si](C)(C)C. The van der Waals surface area contributed by atoms with Gasteiger partial charge < -0.3 is 4.43 Å². The topological polar surface area (TPSA) is 9.23 Å². The van der Waals surface area contributed by atoms with Crippen LogP contribution in [0.25, 0.3) is 0 Å². The van der Waals surface area contributed by atoms with Gasteiger partial charge in [-0.2, -0.15) is 0 Å². The lowest BCUT2D eigenvalue weighted by Gasteiger charge is -2.22. The zero-order valence-electron chi connectivity index (χ0n) is 11.1. The van der Waals surface area contributed by atoms with Crippen LogP contribution in [0.5, 0.6) is 0 Å². The summed E-state index contributed by atoms with van der Waals surface area (Å²) < 4.78 is 5.99. The van der Waals surface area contributed by atoms with Crippen LogP contribution in [0, 0.1) is 11.8 Å². The second-order valence-electron chi connectivity index (χ2n) is 5.09. The van der Waals surface area contributed by atoms with E-state index >= 15 is 0 Å². The summed E-state index contributed by atoms with van der Waals surface area (Å²) in [7, 11) is -1.58. The third-order valence-corrected chi connectivity index (χ3v) is 2.98. The van der Waals surface area contributed by atoms with Crippen LogP contribution in [-0.2, 0) is 4.43 Å². The van der Waals surface area contributed by atoms with Gasteiger partial charge in [0.05, 0.1) is 0 Å². The van der Waals surface area contributed by atoms with E-state index in [0.29, 0.717) is 0 Å². The van der Waals surface area contributed by atoms with Crippen LogP contribution in [0.3, 0.4) is 0 Å². The molecule has 0 aromatic heterocycles. The van der Waals surface area contributed by atoms with Crippen molar-refractivity contribution in [2.75, 3.05) is 0 Å². The molecule has 90 valence electrons. The van der Waals surface area contributed by atoms with Gasteiger partial charge in [-0.1, -0.05) is 36.6 Å². The Hall–Kier alpha value is -1.30. The first-order chi connectivity index (χ1) is 7.88. The van der Waals surface area contributed by atoms with Crippen LogP contribution >= 0.6 is 0 Å². The molecule has 0 aliphatic carbocycles. The molecular formula is C15H20OSi.